The Morgan fingerprint density at radius 2 is 1.88 bits per heavy atom. The molecule has 0 N–H and O–H groups in total. The van der Waals surface area contributed by atoms with Gasteiger partial charge in [0.05, 0.1) is 12.9 Å². The van der Waals surface area contributed by atoms with Crippen molar-refractivity contribution in [3.05, 3.63) is 60.1 Å². The van der Waals surface area contributed by atoms with Gasteiger partial charge in [0.2, 0.25) is 0 Å². The van der Waals surface area contributed by atoms with Crippen LogP contribution in [0.15, 0.2) is 53.1 Å². The number of benzene rings is 1. The first-order valence-corrected chi connectivity index (χ1v) is 8.18. The van der Waals surface area contributed by atoms with E-state index in [-0.39, 0.29) is 12.4 Å². The normalized spacial score (nSPS) is 12.7. The third-order valence-corrected chi connectivity index (χ3v) is 3.64. The number of allylic oxidation sites excluding steroid dienone is 1. The van der Waals surface area contributed by atoms with E-state index >= 15 is 0 Å². The van der Waals surface area contributed by atoms with E-state index in [1.807, 2.05) is 37.3 Å². The summed E-state index contributed by atoms with van der Waals surface area (Å²) in [6.07, 6.45) is 4.41. The Morgan fingerprint density at radius 1 is 1.12 bits per heavy atom. The number of ketones is 1. The fourth-order valence-electron chi connectivity index (χ4n) is 2.51. The average molecular weight is 326 g/mol. The average Bonchev–Trinajstić information content (AvgIpc) is 3.11. The van der Waals surface area contributed by atoms with E-state index in [1.165, 1.54) is 0 Å². The maximum atomic E-state index is 13.1. The van der Waals surface area contributed by atoms with Crippen molar-refractivity contribution in [3.8, 4) is 0 Å². The molecule has 4 nitrogen and oxygen atoms in total. The summed E-state index contributed by atoms with van der Waals surface area (Å²) in [5, 5.41) is 0. The first-order chi connectivity index (χ1) is 11.7. The van der Waals surface area contributed by atoms with Crippen molar-refractivity contribution in [1.29, 1.82) is 0 Å². The SMILES string of the molecule is CCCC(C(=O)OCC)C(=O)/C(=C/c1ccco1)c1ccccc1. The highest BCUT2D eigenvalue weighted by molar-refractivity contribution is 6.30. The van der Waals surface area contributed by atoms with Gasteiger partial charge in [-0.1, -0.05) is 43.7 Å². The van der Waals surface area contributed by atoms with E-state index < -0.39 is 11.9 Å². The lowest BCUT2D eigenvalue weighted by atomic mass is 9.89. The lowest BCUT2D eigenvalue weighted by Crippen LogP contribution is -2.27. The first kappa shape index (κ1) is 17.7. The van der Waals surface area contributed by atoms with Crippen LogP contribution in [0.4, 0.5) is 0 Å². The summed E-state index contributed by atoms with van der Waals surface area (Å²) in [6.45, 7) is 3.94. The van der Waals surface area contributed by atoms with Crippen LogP contribution in [0.3, 0.4) is 0 Å². The van der Waals surface area contributed by atoms with Gasteiger partial charge in [0.15, 0.2) is 5.78 Å². The zero-order valence-corrected chi connectivity index (χ0v) is 14.0. The van der Waals surface area contributed by atoms with Crippen LogP contribution < -0.4 is 0 Å². The van der Waals surface area contributed by atoms with Crippen LogP contribution in [0.25, 0.3) is 11.6 Å². The summed E-state index contributed by atoms with van der Waals surface area (Å²) in [6, 6.07) is 12.8. The van der Waals surface area contributed by atoms with Gasteiger partial charge in [-0.05, 0) is 37.1 Å². The third kappa shape index (κ3) is 4.44. The topological polar surface area (TPSA) is 56.5 Å². The Bertz CT molecular complexity index is 684. The fourth-order valence-corrected chi connectivity index (χ4v) is 2.51. The number of Topliss-reactive ketones (excluding diaryl/α,β-unsaturated/α-hetero) is 1. The zero-order valence-electron chi connectivity index (χ0n) is 14.0. The lowest BCUT2D eigenvalue weighted by molar-refractivity contribution is -0.150. The van der Waals surface area contributed by atoms with E-state index in [1.54, 1.807) is 31.4 Å². The monoisotopic (exact) mass is 326 g/mol. The molecule has 0 bridgehead atoms. The summed E-state index contributed by atoms with van der Waals surface area (Å²) >= 11 is 0. The number of hydrogen-bond acceptors (Lipinski definition) is 4. The van der Waals surface area contributed by atoms with Gasteiger partial charge in [-0.3, -0.25) is 9.59 Å². The minimum absolute atomic E-state index is 0.238. The number of ether oxygens (including phenoxy) is 1. The minimum Gasteiger partial charge on any atom is -0.465 e. The molecule has 2 aromatic rings. The first-order valence-electron chi connectivity index (χ1n) is 8.18. The smallest absolute Gasteiger partial charge is 0.316 e. The lowest BCUT2D eigenvalue weighted by Gasteiger charge is -2.16. The molecule has 0 aliphatic rings. The molecular formula is C20H22O4. The summed E-state index contributed by atoms with van der Waals surface area (Å²) in [7, 11) is 0. The molecule has 0 aliphatic heterocycles. The molecule has 0 spiro atoms. The van der Waals surface area contributed by atoms with Crippen molar-refractivity contribution in [1.82, 2.24) is 0 Å². The molecule has 0 aliphatic carbocycles. The summed E-state index contributed by atoms with van der Waals surface area (Å²) in [5.41, 5.74) is 1.21. The van der Waals surface area contributed by atoms with E-state index in [2.05, 4.69) is 0 Å². The molecule has 0 fully saturated rings. The predicted octanol–water partition coefficient (Wildman–Crippen LogP) is 4.37. The van der Waals surface area contributed by atoms with Gasteiger partial charge in [-0.15, -0.1) is 0 Å². The molecular weight excluding hydrogens is 304 g/mol. The van der Waals surface area contributed by atoms with Gasteiger partial charge in [-0.25, -0.2) is 0 Å². The molecule has 0 saturated carbocycles. The number of furan rings is 1. The van der Waals surface area contributed by atoms with Crippen LogP contribution in [0, 0.1) is 5.92 Å². The predicted molar refractivity (Wildman–Crippen MR) is 93.1 cm³/mol. The van der Waals surface area contributed by atoms with Gasteiger partial charge >= 0.3 is 5.97 Å². The number of carbonyl (C=O) groups is 2. The Kier molecular flexibility index (Phi) is 6.55. The van der Waals surface area contributed by atoms with Crippen LogP contribution in [0.1, 0.15) is 38.0 Å². The second-order valence-corrected chi connectivity index (χ2v) is 5.40. The van der Waals surface area contributed by atoms with Crippen molar-refractivity contribution in [2.75, 3.05) is 6.61 Å². The van der Waals surface area contributed by atoms with Crippen molar-refractivity contribution < 1.29 is 18.7 Å². The Labute approximate surface area is 142 Å². The van der Waals surface area contributed by atoms with Gasteiger partial charge in [0.25, 0.3) is 0 Å². The Morgan fingerprint density at radius 3 is 2.46 bits per heavy atom. The molecule has 0 amide bonds. The Balaban J connectivity index is 2.41. The highest BCUT2D eigenvalue weighted by Crippen LogP contribution is 2.25. The van der Waals surface area contributed by atoms with Gasteiger partial charge in [-0.2, -0.15) is 0 Å². The molecule has 0 saturated heterocycles. The van der Waals surface area contributed by atoms with Crippen LogP contribution in [0.2, 0.25) is 0 Å². The number of carbonyl (C=O) groups excluding carboxylic acids is 2. The molecule has 1 heterocycles. The van der Waals surface area contributed by atoms with Crippen molar-refractivity contribution in [2.45, 2.75) is 26.7 Å². The molecule has 1 aromatic heterocycles. The maximum absolute atomic E-state index is 13.1. The molecule has 1 atom stereocenters. The minimum atomic E-state index is -0.795. The standard InChI is InChI=1S/C20H22O4/c1-3-9-17(20(22)23-4-2)19(21)18(14-16-12-8-13-24-16)15-10-6-5-7-11-15/h5-8,10-14,17H,3-4,9H2,1-2H3/b18-14+. The fraction of sp³-hybridized carbons (Fsp3) is 0.300. The number of rotatable bonds is 8. The molecule has 126 valence electrons. The summed E-state index contributed by atoms with van der Waals surface area (Å²) in [5.74, 6) is -0.929. The van der Waals surface area contributed by atoms with Crippen molar-refractivity contribution in [3.63, 3.8) is 0 Å². The van der Waals surface area contributed by atoms with Crippen molar-refractivity contribution >= 4 is 23.4 Å². The molecule has 24 heavy (non-hydrogen) atoms. The molecule has 1 aromatic carbocycles. The molecule has 0 radical (unpaired) electrons. The molecule has 4 heteroatoms. The molecule has 1 unspecified atom stereocenters. The van der Waals surface area contributed by atoms with Gasteiger partial charge < -0.3 is 9.15 Å². The van der Waals surface area contributed by atoms with Crippen LogP contribution >= 0.6 is 0 Å². The quantitative estimate of drug-likeness (QED) is 0.411. The van der Waals surface area contributed by atoms with Gasteiger partial charge in [0.1, 0.15) is 11.7 Å². The molecule has 2 rings (SSSR count). The Hall–Kier alpha value is -2.62. The summed E-state index contributed by atoms with van der Waals surface area (Å²) < 4.78 is 10.4. The van der Waals surface area contributed by atoms with E-state index in [4.69, 9.17) is 9.15 Å². The zero-order chi connectivity index (χ0) is 17.4. The van der Waals surface area contributed by atoms with Crippen LogP contribution in [-0.2, 0) is 14.3 Å². The summed E-state index contributed by atoms with van der Waals surface area (Å²) in [4.78, 5) is 25.3. The van der Waals surface area contributed by atoms with E-state index in [0.29, 0.717) is 17.8 Å². The number of hydrogen-bond donors (Lipinski definition) is 0. The van der Waals surface area contributed by atoms with Crippen LogP contribution in [0.5, 0.6) is 0 Å². The van der Waals surface area contributed by atoms with Crippen LogP contribution in [-0.4, -0.2) is 18.4 Å². The van der Waals surface area contributed by atoms with E-state index in [0.717, 1.165) is 12.0 Å². The van der Waals surface area contributed by atoms with Gasteiger partial charge in [0, 0.05) is 5.57 Å². The number of esters is 1. The third-order valence-electron chi connectivity index (χ3n) is 3.64. The van der Waals surface area contributed by atoms with E-state index in [9.17, 15) is 9.59 Å². The maximum Gasteiger partial charge on any atom is 0.316 e. The largest absolute Gasteiger partial charge is 0.465 e. The highest BCUT2D eigenvalue weighted by Gasteiger charge is 2.30. The second-order valence-electron chi connectivity index (χ2n) is 5.40. The second kappa shape index (κ2) is 8.87. The van der Waals surface area contributed by atoms with Crippen molar-refractivity contribution in [2.24, 2.45) is 5.92 Å². The highest BCUT2D eigenvalue weighted by atomic mass is 16.5.